The van der Waals surface area contributed by atoms with Gasteiger partial charge in [-0.05, 0) is 12.5 Å². The lowest BCUT2D eigenvalue weighted by Crippen LogP contribution is -2.47. The second-order valence-corrected chi connectivity index (χ2v) is 3.65. The van der Waals surface area contributed by atoms with Gasteiger partial charge in [-0.2, -0.15) is 0 Å². The third-order valence-electron chi connectivity index (χ3n) is 2.42. The Bertz CT molecular complexity index is 391. The van der Waals surface area contributed by atoms with Crippen molar-refractivity contribution >= 4 is 12.1 Å². The molecule has 0 aromatic heterocycles. The van der Waals surface area contributed by atoms with Gasteiger partial charge in [0.1, 0.15) is 6.61 Å². The Balaban J connectivity index is 2.47. The number of benzene rings is 1. The summed E-state index contributed by atoms with van der Waals surface area (Å²) in [7, 11) is 1.35. The molecular formula is C12H14NO4-. The van der Waals surface area contributed by atoms with Crippen molar-refractivity contribution in [1.82, 2.24) is 4.90 Å². The fourth-order valence-corrected chi connectivity index (χ4v) is 1.14. The molecule has 5 nitrogen and oxygen atoms in total. The van der Waals surface area contributed by atoms with E-state index in [0.29, 0.717) is 0 Å². The average Bonchev–Trinajstić information content (AvgIpc) is 2.35. The normalized spacial score (nSPS) is 11.6. The minimum atomic E-state index is -1.32. The van der Waals surface area contributed by atoms with Gasteiger partial charge in [-0.3, -0.25) is 0 Å². The van der Waals surface area contributed by atoms with Crippen LogP contribution in [0.4, 0.5) is 4.79 Å². The van der Waals surface area contributed by atoms with Gasteiger partial charge < -0.3 is 19.5 Å². The van der Waals surface area contributed by atoms with Gasteiger partial charge in [0.15, 0.2) is 0 Å². The lowest BCUT2D eigenvalue weighted by atomic mass is 10.2. The Hall–Kier alpha value is -2.04. The highest BCUT2D eigenvalue weighted by Crippen LogP contribution is 2.04. The predicted octanol–water partition coefficient (Wildman–Crippen LogP) is 0.393. The highest BCUT2D eigenvalue weighted by Gasteiger charge is 2.17. The first-order valence-electron chi connectivity index (χ1n) is 5.16. The molecule has 0 fully saturated rings. The molecule has 5 heteroatoms. The highest BCUT2D eigenvalue weighted by molar-refractivity contribution is 5.78. The summed E-state index contributed by atoms with van der Waals surface area (Å²) in [5, 5.41) is 10.6. The van der Waals surface area contributed by atoms with E-state index in [4.69, 9.17) is 4.74 Å². The fourth-order valence-electron chi connectivity index (χ4n) is 1.14. The molecule has 0 heterocycles. The summed E-state index contributed by atoms with van der Waals surface area (Å²) in [4.78, 5) is 23.0. The Morgan fingerprint density at radius 2 is 1.94 bits per heavy atom. The summed E-state index contributed by atoms with van der Waals surface area (Å²) in [6.07, 6.45) is -0.689. The third kappa shape index (κ3) is 3.79. The number of ether oxygens (including phenoxy) is 1. The molecule has 0 saturated heterocycles. The van der Waals surface area contributed by atoms with Gasteiger partial charge in [0.25, 0.3) is 0 Å². The van der Waals surface area contributed by atoms with Crippen LogP contribution in [0.1, 0.15) is 12.5 Å². The number of hydrogen-bond acceptors (Lipinski definition) is 4. The lowest BCUT2D eigenvalue weighted by molar-refractivity contribution is -0.310. The molecule has 0 bridgehead atoms. The molecule has 0 unspecified atom stereocenters. The first-order valence-corrected chi connectivity index (χ1v) is 5.16. The van der Waals surface area contributed by atoms with Gasteiger partial charge in [-0.15, -0.1) is 0 Å². The van der Waals surface area contributed by atoms with Crippen molar-refractivity contribution in [3.8, 4) is 0 Å². The SMILES string of the molecule is C[C@H](C(=O)[O-])N(C)C(=O)OCc1ccccc1. The zero-order valence-electron chi connectivity index (χ0n) is 9.75. The molecule has 1 aromatic carbocycles. The molecule has 0 aliphatic carbocycles. The summed E-state index contributed by atoms with van der Waals surface area (Å²) >= 11 is 0. The maximum atomic E-state index is 11.5. The number of carbonyl (C=O) groups is 2. The van der Waals surface area contributed by atoms with Gasteiger partial charge in [0, 0.05) is 7.05 Å². The molecule has 0 radical (unpaired) electrons. The van der Waals surface area contributed by atoms with Crippen LogP contribution in [0.5, 0.6) is 0 Å². The minimum absolute atomic E-state index is 0.115. The van der Waals surface area contributed by atoms with Crippen LogP contribution < -0.4 is 5.11 Å². The van der Waals surface area contributed by atoms with Crippen LogP contribution in [-0.4, -0.2) is 30.1 Å². The lowest BCUT2D eigenvalue weighted by Gasteiger charge is -2.24. The number of carboxylic acid groups (broad SMARTS) is 1. The van der Waals surface area contributed by atoms with Crippen LogP contribution in [0, 0.1) is 0 Å². The first-order chi connectivity index (χ1) is 8.02. The topological polar surface area (TPSA) is 69.7 Å². The van der Waals surface area contributed by atoms with Crippen LogP contribution in [0.15, 0.2) is 30.3 Å². The van der Waals surface area contributed by atoms with Gasteiger partial charge in [0.05, 0.1) is 12.0 Å². The Labute approximate surface area is 99.6 Å². The molecule has 0 saturated carbocycles. The van der Waals surface area contributed by atoms with E-state index in [0.717, 1.165) is 10.5 Å². The van der Waals surface area contributed by atoms with Gasteiger partial charge in [-0.25, -0.2) is 4.79 Å². The molecular weight excluding hydrogens is 222 g/mol. The summed E-state index contributed by atoms with van der Waals surface area (Å²) < 4.78 is 4.96. The number of carbonyl (C=O) groups excluding carboxylic acids is 2. The molecule has 92 valence electrons. The molecule has 1 atom stereocenters. The number of nitrogens with zero attached hydrogens (tertiary/aromatic N) is 1. The monoisotopic (exact) mass is 236 g/mol. The van der Waals surface area contributed by atoms with E-state index in [1.165, 1.54) is 14.0 Å². The van der Waals surface area contributed by atoms with Crippen LogP contribution in [0.2, 0.25) is 0 Å². The smallest absolute Gasteiger partial charge is 0.410 e. The van der Waals surface area contributed by atoms with Crippen molar-refractivity contribution in [2.45, 2.75) is 19.6 Å². The molecule has 0 spiro atoms. The Morgan fingerprint density at radius 3 is 2.47 bits per heavy atom. The van der Waals surface area contributed by atoms with Crippen LogP contribution in [0.3, 0.4) is 0 Å². The number of likely N-dealkylation sites (N-methyl/N-ethyl adjacent to an activating group) is 1. The van der Waals surface area contributed by atoms with Crippen LogP contribution >= 0.6 is 0 Å². The second kappa shape index (κ2) is 5.89. The number of hydrogen-bond donors (Lipinski definition) is 0. The van der Waals surface area contributed by atoms with E-state index >= 15 is 0 Å². The Morgan fingerprint density at radius 1 is 1.35 bits per heavy atom. The van der Waals surface area contributed by atoms with Crippen LogP contribution in [0.25, 0.3) is 0 Å². The minimum Gasteiger partial charge on any atom is -0.548 e. The molecule has 0 N–H and O–H groups in total. The van der Waals surface area contributed by atoms with Gasteiger partial charge >= 0.3 is 6.09 Å². The van der Waals surface area contributed by atoms with E-state index in [-0.39, 0.29) is 6.61 Å². The second-order valence-electron chi connectivity index (χ2n) is 3.65. The standard InChI is InChI=1S/C12H15NO4/c1-9(11(14)15)13(2)12(16)17-8-10-6-4-3-5-7-10/h3-7,9H,8H2,1-2H3,(H,14,15)/p-1/t9-/m1/s1. The number of carboxylic acids is 1. The molecule has 17 heavy (non-hydrogen) atoms. The van der Waals surface area contributed by atoms with Gasteiger partial charge in [-0.1, -0.05) is 30.3 Å². The van der Waals surface area contributed by atoms with E-state index in [1.807, 2.05) is 30.3 Å². The fraction of sp³-hybridized carbons (Fsp3) is 0.333. The molecule has 0 aliphatic heterocycles. The van der Waals surface area contributed by atoms with Crippen molar-refractivity contribution < 1.29 is 19.4 Å². The van der Waals surface area contributed by atoms with Gasteiger partial charge in [0.2, 0.25) is 0 Å². The maximum absolute atomic E-state index is 11.5. The van der Waals surface area contributed by atoms with Crippen LogP contribution in [-0.2, 0) is 16.1 Å². The summed E-state index contributed by atoms with van der Waals surface area (Å²) in [6.45, 7) is 1.48. The Kier molecular flexibility index (Phi) is 4.51. The zero-order valence-corrected chi connectivity index (χ0v) is 9.75. The summed E-state index contributed by atoms with van der Waals surface area (Å²) in [6, 6.07) is 8.13. The number of aliphatic carboxylic acids is 1. The van der Waals surface area contributed by atoms with Crippen molar-refractivity contribution in [3.05, 3.63) is 35.9 Å². The average molecular weight is 236 g/mol. The number of rotatable bonds is 4. The van der Waals surface area contributed by atoms with Crippen molar-refractivity contribution in [1.29, 1.82) is 0 Å². The molecule has 1 rings (SSSR count). The van der Waals surface area contributed by atoms with Crippen molar-refractivity contribution in [2.75, 3.05) is 7.05 Å². The zero-order chi connectivity index (χ0) is 12.8. The van der Waals surface area contributed by atoms with E-state index in [9.17, 15) is 14.7 Å². The van der Waals surface area contributed by atoms with E-state index < -0.39 is 18.1 Å². The summed E-state index contributed by atoms with van der Waals surface area (Å²) in [5.74, 6) is -1.32. The highest BCUT2D eigenvalue weighted by atomic mass is 16.6. The van der Waals surface area contributed by atoms with E-state index in [1.54, 1.807) is 0 Å². The quantitative estimate of drug-likeness (QED) is 0.758. The van der Waals surface area contributed by atoms with Crippen molar-refractivity contribution in [2.24, 2.45) is 0 Å². The molecule has 1 aromatic rings. The molecule has 1 amide bonds. The third-order valence-corrected chi connectivity index (χ3v) is 2.42. The molecule has 0 aliphatic rings. The maximum Gasteiger partial charge on any atom is 0.410 e. The summed E-state index contributed by atoms with van der Waals surface area (Å²) in [5.41, 5.74) is 0.843. The number of amides is 1. The van der Waals surface area contributed by atoms with Crippen molar-refractivity contribution in [3.63, 3.8) is 0 Å². The largest absolute Gasteiger partial charge is 0.548 e. The van der Waals surface area contributed by atoms with E-state index in [2.05, 4.69) is 0 Å². The first kappa shape index (κ1) is 13.0. The predicted molar refractivity (Wildman–Crippen MR) is 58.9 cm³/mol.